The van der Waals surface area contributed by atoms with E-state index in [1.54, 1.807) is 19.1 Å². The van der Waals surface area contributed by atoms with Crippen LogP contribution in [0.25, 0.3) is 0 Å². The van der Waals surface area contributed by atoms with Crippen molar-refractivity contribution in [3.05, 3.63) is 51.9 Å². The quantitative estimate of drug-likeness (QED) is 0.619. The van der Waals surface area contributed by atoms with E-state index in [4.69, 9.17) is 11.6 Å². The average Bonchev–Trinajstić information content (AvgIpc) is 3.32. The second kappa shape index (κ2) is 8.71. The second-order valence-corrected chi connectivity index (χ2v) is 12.0. The van der Waals surface area contributed by atoms with E-state index in [1.165, 1.54) is 21.3 Å². The standard InChI is InChI=1S/C21H23ClN4O5S2/c1-14-3-5-15(6-4-14)21(2)19(28)26(20(29)23-21)13-17(27)24-9-11-25(12-10-24)33(30,31)18-8-7-16(22)32-18/h3-8H,9-13H2,1-2H3,(H,23,29)/t21-/m0/s1. The lowest BCUT2D eigenvalue weighted by Crippen LogP contribution is -2.53. The lowest BCUT2D eigenvalue weighted by molar-refractivity contribution is -0.139. The van der Waals surface area contributed by atoms with Crippen LogP contribution < -0.4 is 5.32 Å². The van der Waals surface area contributed by atoms with Crippen molar-refractivity contribution >= 4 is 50.8 Å². The molecule has 4 amide bonds. The lowest BCUT2D eigenvalue weighted by Gasteiger charge is -2.34. The van der Waals surface area contributed by atoms with Crippen molar-refractivity contribution in [2.75, 3.05) is 32.7 Å². The first-order chi connectivity index (χ1) is 15.5. The van der Waals surface area contributed by atoms with Crippen molar-refractivity contribution in [2.45, 2.75) is 23.6 Å². The fourth-order valence-electron chi connectivity index (χ4n) is 3.90. The molecular formula is C21H23ClN4O5S2. The molecular weight excluding hydrogens is 488 g/mol. The zero-order valence-corrected chi connectivity index (χ0v) is 20.5. The Bertz CT molecular complexity index is 1210. The number of nitrogens with one attached hydrogen (secondary N) is 1. The SMILES string of the molecule is Cc1ccc([C@]2(C)NC(=O)N(CC(=O)N3CCN(S(=O)(=O)c4ccc(Cl)s4)CC3)C2=O)cc1. The highest BCUT2D eigenvalue weighted by molar-refractivity contribution is 7.91. The van der Waals surface area contributed by atoms with Gasteiger partial charge in [-0.1, -0.05) is 41.4 Å². The average molecular weight is 511 g/mol. The minimum Gasteiger partial charge on any atom is -0.338 e. The maximum atomic E-state index is 13.1. The van der Waals surface area contributed by atoms with Gasteiger partial charge in [-0.2, -0.15) is 4.31 Å². The summed E-state index contributed by atoms with van der Waals surface area (Å²) < 4.78 is 27.3. The number of aryl methyl sites for hydroxylation is 1. The normalized spacial score (nSPS) is 22.0. The number of carbonyl (C=O) groups is 3. The van der Waals surface area contributed by atoms with E-state index in [-0.39, 0.29) is 30.4 Å². The number of hydrogen-bond acceptors (Lipinski definition) is 6. The van der Waals surface area contributed by atoms with E-state index in [1.807, 2.05) is 19.1 Å². The fraction of sp³-hybridized carbons (Fsp3) is 0.381. The smallest absolute Gasteiger partial charge is 0.325 e. The van der Waals surface area contributed by atoms with Gasteiger partial charge in [0.1, 0.15) is 16.3 Å². The summed E-state index contributed by atoms with van der Waals surface area (Å²) in [5.41, 5.74) is 0.406. The molecule has 2 fully saturated rings. The molecule has 0 radical (unpaired) electrons. The number of nitrogens with zero attached hydrogens (tertiary/aromatic N) is 3. The van der Waals surface area contributed by atoms with E-state index in [2.05, 4.69) is 5.32 Å². The van der Waals surface area contributed by atoms with Gasteiger partial charge in [0.25, 0.3) is 15.9 Å². The summed E-state index contributed by atoms with van der Waals surface area (Å²) in [6.07, 6.45) is 0. The monoisotopic (exact) mass is 510 g/mol. The van der Waals surface area contributed by atoms with Crippen molar-refractivity contribution < 1.29 is 22.8 Å². The Labute approximate surface area is 201 Å². The molecule has 176 valence electrons. The van der Waals surface area contributed by atoms with Crippen LogP contribution in [0, 0.1) is 6.92 Å². The van der Waals surface area contributed by atoms with Crippen molar-refractivity contribution in [2.24, 2.45) is 0 Å². The van der Waals surface area contributed by atoms with Gasteiger partial charge in [-0.05, 0) is 31.5 Å². The molecule has 1 atom stereocenters. The number of hydrogen-bond donors (Lipinski definition) is 1. The molecule has 1 aromatic carbocycles. The summed E-state index contributed by atoms with van der Waals surface area (Å²) in [6, 6.07) is 9.62. The van der Waals surface area contributed by atoms with Crippen LogP contribution in [0.1, 0.15) is 18.1 Å². The Morgan fingerprint density at radius 3 is 2.30 bits per heavy atom. The van der Waals surface area contributed by atoms with Gasteiger partial charge >= 0.3 is 6.03 Å². The van der Waals surface area contributed by atoms with E-state index in [9.17, 15) is 22.8 Å². The number of halogens is 1. The number of thiophene rings is 1. The first-order valence-corrected chi connectivity index (χ1v) is 12.9. The third-order valence-electron chi connectivity index (χ3n) is 5.93. The molecule has 4 rings (SSSR count). The van der Waals surface area contributed by atoms with Gasteiger partial charge in [0.15, 0.2) is 0 Å². The van der Waals surface area contributed by atoms with E-state index in [0.29, 0.717) is 9.90 Å². The Morgan fingerprint density at radius 1 is 1.09 bits per heavy atom. The summed E-state index contributed by atoms with van der Waals surface area (Å²) in [6.45, 7) is 3.69. The molecule has 0 aliphatic carbocycles. The number of piperazine rings is 1. The highest BCUT2D eigenvalue weighted by atomic mass is 35.5. The molecule has 3 heterocycles. The van der Waals surface area contributed by atoms with Crippen LogP contribution in [-0.4, -0.2) is 73.1 Å². The predicted molar refractivity (Wildman–Crippen MR) is 123 cm³/mol. The van der Waals surface area contributed by atoms with Crippen LogP contribution in [0.15, 0.2) is 40.6 Å². The predicted octanol–water partition coefficient (Wildman–Crippen LogP) is 2.01. The lowest BCUT2D eigenvalue weighted by atomic mass is 9.91. The molecule has 0 saturated carbocycles. The molecule has 12 heteroatoms. The molecule has 0 spiro atoms. The minimum atomic E-state index is -3.68. The zero-order chi connectivity index (χ0) is 24.0. The Kier molecular flexibility index (Phi) is 6.25. The van der Waals surface area contributed by atoms with Gasteiger partial charge in [-0.3, -0.25) is 14.5 Å². The summed E-state index contributed by atoms with van der Waals surface area (Å²) in [5, 5.41) is 2.69. The van der Waals surface area contributed by atoms with Crippen LogP contribution in [0.2, 0.25) is 4.34 Å². The van der Waals surface area contributed by atoms with Crippen molar-refractivity contribution in [1.29, 1.82) is 0 Å². The Hall–Kier alpha value is -2.47. The first-order valence-electron chi connectivity index (χ1n) is 10.3. The number of sulfonamides is 1. The molecule has 0 bridgehead atoms. The number of amides is 4. The van der Waals surface area contributed by atoms with Gasteiger partial charge in [-0.25, -0.2) is 13.2 Å². The van der Waals surface area contributed by atoms with Crippen LogP contribution in [-0.2, 0) is 25.2 Å². The molecule has 2 aliphatic rings. The van der Waals surface area contributed by atoms with Gasteiger partial charge in [0.2, 0.25) is 5.91 Å². The topological polar surface area (TPSA) is 107 Å². The highest BCUT2D eigenvalue weighted by Crippen LogP contribution is 2.30. The van der Waals surface area contributed by atoms with Crippen LogP contribution in [0.5, 0.6) is 0 Å². The molecule has 1 N–H and O–H groups in total. The fourth-order valence-corrected chi connectivity index (χ4v) is 6.96. The molecule has 9 nitrogen and oxygen atoms in total. The molecule has 1 aromatic heterocycles. The molecule has 33 heavy (non-hydrogen) atoms. The van der Waals surface area contributed by atoms with Crippen LogP contribution in [0.3, 0.4) is 0 Å². The summed E-state index contributed by atoms with van der Waals surface area (Å²) in [4.78, 5) is 40.8. The molecule has 2 aliphatic heterocycles. The number of rotatable bonds is 5. The van der Waals surface area contributed by atoms with Gasteiger partial charge < -0.3 is 10.2 Å². The highest BCUT2D eigenvalue weighted by Gasteiger charge is 2.49. The Morgan fingerprint density at radius 2 is 1.73 bits per heavy atom. The zero-order valence-electron chi connectivity index (χ0n) is 18.1. The van der Waals surface area contributed by atoms with Gasteiger partial charge in [0.05, 0.1) is 4.34 Å². The van der Waals surface area contributed by atoms with Gasteiger partial charge in [-0.15, -0.1) is 11.3 Å². The van der Waals surface area contributed by atoms with E-state index >= 15 is 0 Å². The number of carbonyl (C=O) groups excluding carboxylic acids is 3. The third kappa shape index (κ3) is 4.37. The molecule has 2 saturated heterocycles. The summed E-state index contributed by atoms with van der Waals surface area (Å²) in [7, 11) is -3.68. The minimum absolute atomic E-state index is 0.116. The van der Waals surface area contributed by atoms with Crippen molar-refractivity contribution in [3.63, 3.8) is 0 Å². The maximum absolute atomic E-state index is 13.1. The van der Waals surface area contributed by atoms with Gasteiger partial charge in [0, 0.05) is 26.2 Å². The number of benzene rings is 1. The summed E-state index contributed by atoms with van der Waals surface area (Å²) >= 11 is 6.84. The number of imide groups is 1. The van der Waals surface area contributed by atoms with Crippen LogP contribution >= 0.6 is 22.9 Å². The third-order valence-corrected chi connectivity index (χ3v) is 9.53. The van der Waals surface area contributed by atoms with Crippen molar-refractivity contribution in [3.8, 4) is 0 Å². The summed E-state index contributed by atoms with van der Waals surface area (Å²) in [5.74, 6) is -0.914. The molecule has 0 unspecified atom stereocenters. The van der Waals surface area contributed by atoms with Crippen LogP contribution in [0.4, 0.5) is 4.79 Å². The first kappa shape index (κ1) is 23.7. The Balaban J connectivity index is 1.39. The number of urea groups is 1. The molecule has 2 aromatic rings. The maximum Gasteiger partial charge on any atom is 0.325 e. The van der Waals surface area contributed by atoms with E-state index in [0.717, 1.165) is 21.8 Å². The van der Waals surface area contributed by atoms with Crippen molar-refractivity contribution in [1.82, 2.24) is 19.4 Å². The van der Waals surface area contributed by atoms with E-state index < -0.39 is 40.0 Å². The largest absolute Gasteiger partial charge is 0.338 e. The second-order valence-electron chi connectivity index (χ2n) is 8.16.